The molecule has 0 N–H and O–H groups in total. The van der Waals surface area contributed by atoms with Gasteiger partial charge in [0.1, 0.15) is 0 Å². The molecule has 3 nitrogen and oxygen atoms in total. The fraction of sp³-hybridized carbons (Fsp3) is 1.00. The third-order valence-electron chi connectivity index (χ3n) is 5.23. The lowest BCUT2D eigenvalue weighted by atomic mass is 10.0. The van der Waals surface area contributed by atoms with Gasteiger partial charge >= 0.3 is 0 Å². The third kappa shape index (κ3) is 22.6. The minimum atomic E-state index is -0.379. The second-order valence-electron chi connectivity index (χ2n) is 7.71. The highest BCUT2D eigenvalue weighted by Crippen LogP contribution is 2.14. The van der Waals surface area contributed by atoms with Crippen molar-refractivity contribution in [2.75, 3.05) is 26.6 Å². The van der Waals surface area contributed by atoms with Gasteiger partial charge in [-0.05, 0) is 18.2 Å². The lowest BCUT2D eigenvalue weighted by molar-refractivity contribution is -0.121. The van der Waals surface area contributed by atoms with Gasteiger partial charge in [0.25, 0.3) is 0 Å². The Morgan fingerprint density at radius 2 is 0.963 bits per heavy atom. The molecule has 164 valence electrons. The van der Waals surface area contributed by atoms with Crippen LogP contribution in [0.15, 0.2) is 0 Å². The summed E-state index contributed by atoms with van der Waals surface area (Å²) in [6.07, 6.45) is 22.4. The molecular weight excluding hydrogens is 372 g/mol. The Bertz CT molecular complexity index is 266. The molecule has 5 heteroatoms. The van der Waals surface area contributed by atoms with E-state index in [-0.39, 0.29) is 16.1 Å². The van der Waals surface area contributed by atoms with Crippen LogP contribution in [0.2, 0.25) is 6.04 Å². The molecule has 0 spiro atoms. The zero-order valence-corrected chi connectivity index (χ0v) is 20.7. The van der Waals surface area contributed by atoms with E-state index in [1.807, 2.05) is 0 Å². The molecule has 0 unspecified atom stereocenters. The topological polar surface area (TPSA) is 27.7 Å². The highest BCUT2D eigenvalue weighted by molar-refractivity contribution is 7.80. The quantitative estimate of drug-likeness (QED) is 0.0910. The van der Waals surface area contributed by atoms with E-state index in [1.54, 1.807) is 14.2 Å². The van der Waals surface area contributed by atoms with Gasteiger partial charge in [-0.15, -0.1) is 0 Å². The van der Waals surface area contributed by atoms with Gasteiger partial charge in [0.2, 0.25) is 0 Å². The number of unbranched alkanes of at least 4 members (excludes halogenated alkanes) is 15. The van der Waals surface area contributed by atoms with Gasteiger partial charge in [-0.2, -0.15) is 12.6 Å². The van der Waals surface area contributed by atoms with E-state index in [9.17, 15) is 0 Å². The van der Waals surface area contributed by atoms with Crippen LogP contribution in [0.5, 0.6) is 0 Å². The lowest BCUT2D eigenvalue weighted by Gasteiger charge is -2.13. The second kappa shape index (κ2) is 24.5. The summed E-state index contributed by atoms with van der Waals surface area (Å²) in [5.41, 5.74) is 0. The van der Waals surface area contributed by atoms with Crippen LogP contribution in [-0.4, -0.2) is 42.6 Å². The average Bonchev–Trinajstić information content (AvgIpc) is 2.69. The molecule has 0 heterocycles. The predicted octanol–water partition coefficient (Wildman–Crippen LogP) is 6.30. The molecule has 0 radical (unpaired) electrons. The fourth-order valence-corrected chi connectivity index (χ4v) is 4.72. The summed E-state index contributed by atoms with van der Waals surface area (Å²) in [7, 11) is 2.94. The van der Waals surface area contributed by atoms with Gasteiger partial charge in [0.05, 0.1) is 6.61 Å². The molecule has 0 saturated carbocycles. The van der Waals surface area contributed by atoms with Gasteiger partial charge in [-0.3, -0.25) is 0 Å². The first-order chi connectivity index (χ1) is 13.3. The summed E-state index contributed by atoms with van der Waals surface area (Å²) >= 11 is 4.26. The Morgan fingerprint density at radius 1 is 0.593 bits per heavy atom. The standard InChI is InChI=1S/C22H48O3SSi/c1-23-22(24-2)21-25-27-20-18-16-14-12-10-8-6-4-3-5-7-9-11-13-15-17-19-26/h22,26H,3-21,27H2,1-2H3. The Labute approximate surface area is 178 Å². The van der Waals surface area contributed by atoms with Crippen LogP contribution in [-0.2, 0) is 13.9 Å². The van der Waals surface area contributed by atoms with Crippen LogP contribution < -0.4 is 0 Å². The molecule has 0 aliphatic carbocycles. The van der Waals surface area contributed by atoms with Crippen molar-refractivity contribution in [3.8, 4) is 0 Å². The molecule has 0 aromatic carbocycles. The van der Waals surface area contributed by atoms with Crippen molar-refractivity contribution < 1.29 is 13.9 Å². The van der Waals surface area contributed by atoms with Crippen molar-refractivity contribution in [3.63, 3.8) is 0 Å². The van der Waals surface area contributed by atoms with E-state index in [2.05, 4.69) is 12.6 Å². The third-order valence-corrected chi connectivity index (χ3v) is 6.86. The van der Waals surface area contributed by atoms with Crippen LogP contribution in [0.3, 0.4) is 0 Å². The summed E-state index contributed by atoms with van der Waals surface area (Å²) in [5.74, 6) is 1.06. The molecule has 0 aromatic heterocycles. The SMILES string of the molecule is COC(CO[SiH2]CCCCCCCCCCCCCCCCCCS)OC. The highest BCUT2D eigenvalue weighted by Gasteiger charge is 2.03. The zero-order valence-electron chi connectivity index (χ0n) is 18.4. The average molecular weight is 421 g/mol. The predicted molar refractivity (Wildman–Crippen MR) is 125 cm³/mol. The number of rotatable bonds is 23. The molecule has 27 heavy (non-hydrogen) atoms. The van der Waals surface area contributed by atoms with Crippen molar-refractivity contribution in [1.82, 2.24) is 0 Å². The molecule has 0 atom stereocenters. The Morgan fingerprint density at radius 3 is 1.33 bits per heavy atom. The highest BCUT2D eigenvalue weighted by atomic mass is 32.1. The molecule has 0 fully saturated rings. The second-order valence-corrected chi connectivity index (χ2v) is 9.68. The Hall–Kier alpha value is 0.447. The molecular formula is C22H48O3SSi. The largest absolute Gasteiger partial charge is 0.419 e. The van der Waals surface area contributed by atoms with Crippen LogP contribution in [0.1, 0.15) is 103 Å². The maximum absolute atomic E-state index is 5.69. The number of methoxy groups -OCH3 is 2. The first-order valence-electron chi connectivity index (χ1n) is 11.6. The van der Waals surface area contributed by atoms with Crippen LogP contribution in [0.25, 0.3) is 0 Å². The van der Waals surface area contributed by atoms with E-state index in [0.717, 1.165) is 5.75 Å². The van der Waals surface area contributed by atoms with Gasteiger partial charge < -0.3 is 13.9 Å². The number of hydrogen-bond acceptors (Lipinski definition) is 4. The molecule has 0 aromatic rings. The maximum atomic E-state index is 5.69. The molecule has 0 rings (SSSR count). The van der Waals surface area contributed by atoms with Gasteiger partial charge in [-0.1, -0.05) is 96.3 Å². The lowest BCUT2D eigenvalue weighted by Crippen LogP contribution is -2.21. The van der Waals surface area contributed by atoms with Crippen LogP contribution >= 0.6 is 12.6 Å². The summed E-state index contributed by atoms with van der Waals surface area (Å²) in [4.78, 5) is 0. The zero-order chi connectivity index (χ0) is 19.8. The van der Waals surface area contributed by atoms with Gasteiger partial charge in [0, 0.05) is 14.2 Å². The molecule has 0 aliphatic heterocycles. The van der Waals surface area contributed by atoms with E-state index < -0.39 is 0 Å². The summed E-state index contributed by atoms with van der Waals surface area (Å²) in [6, 6.07) is 1.29. The molecule has 0 aliphatic rings. The van der Waals surface area contributed by atoms with Crippen molar-refractivity contribution in [1.29, 1.82) is 0 Å². The Kier molecular flexibility index (Phi) is 24.9. The van der Waals surface area contributed by atoms with Crippen molar-refractivity contribution >= 4 is 22.4 Å². The van der Waals surface area contributed by atoms with E-state index in [4.69, 9.17) is 13.9 Å². The van der Waals surface area contributed by atoms with E-state index in [0.29, 0.717) is 6.61 Å². The normalized spacial score (nSPS) is 12.0. The van der Waals surface area contributed by atoms with Gasteiger partial charge in [-0.25, -0.2) is 0 Å². The summed E-state index contributed by atoms with van der Waals surface area (Å²) < 4.78 is 15.9. The van der Waals surface area contributed by atoms with Crippen LogP contribution in [0, 0.1) is 0 Å². The van der Waals surface area contributed by atoms with E-state index >= 15 is 0 Å². The summed E-state index contributed by atoms with van der Waals surface area (Å²) in [5, 5.41) is 0. The Balaban J connectivity index is 3.03. The fourth-order valence-electron chi connectivity index (χ4n) is 3.38. The molecule has 0 bridgehead atoms. The minimum Gasteiger partial charge on any atom is -0.419 e. The monoisotopic (exact) mass is 420 g/mol. The van der Waals surface area contributed by atoms with Crippen molar-refractivity contribution in [2.24, 2.45) is 0 Å². The smallest absolute Gasteiger partial charge is 0.178 e. The minimum absolute atomic E-state index is 0.189. The van der Waals surface area contributed by atoms with Crippen molar-refractivity contribution in [2.45, 2.75) is 115 Å². The molecule has 0 amide bonds. The number of ether oxygens (including phenoxy) is 2. The van der Waals surface area contributed by atoms with E-state index in [1.165, 1.54) is 109 Å². The summed E-state index contributed by atoms with van der Waals surface area (Å²) in [6.45, 7) is 0.593. The maximum Gasteiger partial charge on any atom is 0.178 e. The van der Waals surface area contributed by atoms with Crippen molar-refractivity contribution in [3.05, 3.63) is 0 Å². The number of hydrogen-bond donors (Lipinski definition) is 1. The first kappa shape index (κ1) is 27.4. The number of thiol groups is 1. The molecule has 0 saturated heterocycles. The van der Waals surface area contributed by atoms with Gasteiger partial charge in [0.15, 0.2) is 16.1 Å². The van der Waals surface area contributed by atoms with Crippen LogP contribution in [0.4, 0.5) is 0 Å². The first-order valence-corrected chi connectivity index (χ1v) is 13.8.